The van der Waals surface area contributed by atoms with Gasteiger partial charge in [0.25, 0.3) is 0 Å². The predicted molar refractivity (Wildman–Crippen MR) is 102 cm³/mol. The van der Waals surface area contributed by atoms with Crippen LogP contribution < -0.4 is 4.57 Å². The second-order valence-corrected chi connectivity index (χ2v) is 8.63. The van der Waals surface area contributed by atoms with Crippen LogP contribution in [0, 0.1) is 12.8 Å². The van der Waals surface area contributed by atoms with Crippen LogP contribution in [0.25, 0.3) is 0 Å². The van der Waals surface area contributed by atoms with Crippen LogP contribution in [0.5, 0.6) is 0 Å². The molecule has 1 aromatic heterocycles. The predicted octanol–water partition coefficient (Wildman–Crippen LogP) is 4.09. The quantitative estimate of drug-likeness (QED) is 0.599. The summed E-state index contributed by atoms with van der Waals surface area (Å²) in [6.07, 6.45) is 11.5. The van der Waals surface area contributed by atoms with E-state index in [9.17, 15) is 13.0 Å². The average Bonchev–Trinajstić information content (AvgIpc) is 2.63. The Morgan fingerprint density at radius 1 is 1.00 bits per heavy atom. The maximum absolute atomic E-state index is 10.4. The van der Waals surface area contributed by atoms with Crippen LogP contribution in [0.4, 0.5) is 0 Å². The van der Waals surface area contributed by atoms with Gasteiger partial charge in [0.1, 0.15) is 17.2 Å². The molecule has 1 aromatic carbocycles. The third-order valence-electron chi connectivity index (χ3n) is 5.20. The Labute approximate surface area is 157 Å². The zero-order valence-electron chi connectivity index (χ0n) is 15.9. The molecule has 0 aliphatic heterocycles. The van der Waals surface area contributed by atoms with E-state index in [1.54, 1.807) is 12.1 Å². The molecule has 0 radical (unpaired) electrons. The van der Waals surface area contributed by atoms with Crippen LogP contribution in [-0.4, -0.2) is 13.0 Å². The highest BCUT2D eigenvalue weighted by Gasteiger charge is 2.21. The summed E-state index contributed by atoms with van der Waals surface area (Å²) in [5, 5.41) is 0. The van der Waals surface area contributed by atoms with Gasteiger partial charge in [0.15, 0.2) is 12.4 Å². The van der Waals surface area contributed by atoms with Gasteiger partial charge in [-0.3, -0.25) is 0 Å². The molecule has 1 saturated carbocycles. The second kappa shape index (κ2) is 9.28. The molecule has 26 heavy (non-hydrogen) atoms. The van der Waals surface area contributed by atoms with E-state index in [-0.39, 0.29) is 4.90 Å². The first-order valence-electron chi connectivity index (χ1n) is 9.25. The van der Waals surface area contributed by atoms with E-state index in [2.05, 4.69) is 43.1 Å². The number of aryl methyl sites for hydroxylation is 2. The average molecular weight is 376 g/mol. The molecule has 5 heteroatoms. The van der Waals surface area contributed by atoms with E-state index in [4.69, 9.17) is 0 Å². The zero-order valence-corrected chi connectivity index (χ0v) is 16.7. The van der Waals surface area contributed by atoms with Crippen molar-refractivity contribution in [1.29, 1.82) is 0 Å². The third kappa shape index (κ3) is 6.22. The van der Waals surface area contributed by atoms with Crippen molar-refractivity contribution in [1.82, 2.24) is 0 Å². The van der Waals surface area contributed by atoms with Gasteiger partial charge < -0.3 is 4.55 Å². The van der Waals surface area contributed by atoms with Crippen LogP contribution >= 0.6 is 0 Å². The van der Waals surface area contributed by atoms with Crippen LogP contribution in [0.3, 0.4) is 0 Å². The van der Waals surface area contributed by atoms with Crippen molar-refractivity contribution in [2.75, 3.05) is 0 Å². The van der Waals surface area contributed by atoms with Gasteiger partial charge in [-0.05, 0) is 49.3 Å². The van der Waals surface area contributed by atoms with E-state index >= 15 is 0 Å². The highest BCUT2D eigenvalue weighted by atomic mass is 32.2. The molecule has 1 aliphatic rings. The van der Waals surface area contributed by atoms with E-state index in [0.29, 0.717) is 0 Å². The summed E-state index contributed by atoms with van der Waals surface area (Å²) in [6, 6.07) is 10.3. The SMILES string of the molecule is CC(c1cc[n+](C)cc1)C1CCCCC1.Cc1ccc(S(=O)(=O)[O-])cc1. The van der Waals surface area contributed by atoms with Crippen LogP contribution in [-0.2, 0) is 17.2 Å². The zero-order chi connectivity index (χ0) is 19.2. The number of pyridine rings is 1. The maximum atomic E-state index is 10.4. The van der Waals surface area contributed by atoms with Gasteiger partial charge in [-0.1, -0.05) is 43.9 Å². The fraction of sp³-hybridized carbons (Fsp3) is 0.476. The summed E-state index contributed by atoms with van der Waals surface area (Å²) >= 11 is 0. The monoisotopic (exact) mass is 375 g/mol. The first kappa shape index (κ1) is 20.6. The molecule has 1 atom stereocenters. The van der Waals surface area contributed by atoms with Gasteiger partial charge >= 0.3 is 0 Å². The number of nitrogens with zero attached hydrogens (tertiary/aromatic N) is 1. The Morgan fingerprint density at radius 3 is 2.04 bits per heavy atom. The molecule has 1 heterocycles. The minimum atomic E-state index is -4.27. The highest BCUT2D eigenvalue weighted by molar-refractivity contribution is 7.85. The molecule has 3 rings (SSSR count). The smallest absolute Gasteiger partial charge is 0.168 e. The molecule has 4 nitrogen and oxygen atoms in total. The van der Waals surface area contributed by atoms with E-state index in [1.807, 2.05) is 6.92 Å². The summed E-state index contributed by atoms with van der Waals surface area (Å²) in [6.45, 7) is 4.21. The van der Waals surface area contributed by atoms with Crippen molar-refractivity contribution >= 4 is 10.1 Å². The van der Waals surface area contributed by atoms with E-state index < -0.39 is 10.1 Å². The lowest BCUT2D eigenvalue weighted by molar-refractivity contribution is -0.671. The van der Waals surface area contributed by atoms with Gasteiger partial charge in [0.05, 0.1) is 4.90 Å². The minimum Gasteiger partial charge on any atom is -0.744 e. The summed E-state index contributed by atoms with van der Waals surface area (Å²) in [7, 11) is -2.19. The lowest BCUT2D eigenvalue weighted by Gasteiger charge is -2.27. The summed E-state index contributed by atoms with van der Waals surface area (Å²) in [5.41, 5.74) is 2.44. The fourth-order valence-corrected chi connectivity index (χ4v) is 3.90. The normalized spacial score (nSPS) is 16.5. The second-order valence-electron chi connectivity index (χ2n) is 7.25. The molecule has 0 saturated heterocycles. The first-order valence-corrected chi connectivity index (χ1v) is 10.7. The lowest BCUT2D eigenvalue weighted by atomic mass is 9.78. The van der Waals surface area contributed by atoms with Gasteiger partial charge in [0, 0.05) is 12.1 Å². The van der Waals surface area contributed by atoms with Crippen molar-refractivity contribution in [3.63, 3.8) is 0 Å². The molecule has 0 amide bonds. The van der Waals surface area contributed by atoms with Gasteiger partial charge in [-0.15, -0.1) is 0 Å². The van der Waals surface area contributed by atoms with Crippen LogP contribution in [0.2, 0.25) is 0 Å². The maximum Gasteiger partial charge on any atom is 0.168 e. The molecule has 142 valence electrons. The highest BCUT2D eigenvalue weighted by Crippen LogP contribution is 2.35. The van der Waals surface area contributed by atoms with E-state index in [0.717, 1.165) is 17.4 Å². The van der Waals surface area contributed by atoms with Gasteiger partial charge in [0.2, 0.25) is 0 Å². The summed E-state index contributed by atoms with van der Waals surface area (Å²) in [4.78, 5) is -0.178. The Balaban J connectivity index is 0.000000197. The number of aromatic nitrogens is 1. The molecule has 0 spiro atoms. The molecule has 0 N–H and O–H groups in total. The largest absolute Gasteiger partial charge is 0.744 e. The Bertz CT molecular complexity index is 777. The van der Waals surface area contributed by atoms with Crippen molar-refractivity contribution < 1.29 is 17.5 Å². The standard InChI is InChI=1S/C14H22N.C7H8O3S/c1-12(13-6-4-3-5-7-13)14-8-10-15(2)11-9-14;1-6-2-4-7(5-3-6)11(8,9)10/h8-13H,3-7H2,1-2H3;2-5H,1H3,(H,8,9,10)/q+1;/p-1. The van der Waals surface area contributed by atoms with Crippen molar-refractivity contribution in [3.05, 3.63) is 59.9 Å². The van der Waals surface area contributed by atoms with Crippen molar-refractivity contribution in [2.24, 2.45) is 13.0 Å². The van der Waals surface area contributed by atoms with E-state index in [1.165, 1.54) is 49.8 Å². The lowest BCUT2D eigenvalue weighted by Crippen LogP contribution is -2.26. The van der Waals surface area contributed by atoms with Gasteiger partial charge in [-0.2, -0.15) is 0 Å². The fourth-order valence-electron chi connectivity index (χ4n) is 3.43. The number of benzene rings is 1. The molecular formula is C21H29NO3S. The molecule has 1 unspecified atom stereocenters. The molecule has 1 fully saturated rings. The molecule has 0 bridgehead atoms. The van der Waals surface area contributed by atoms with Crippen LogP contribution in [0.15, 0.2) is 53.7 Å². The molecule has 2 aromatic rings. The van der Waals surface area contributed by atoms with Gasteiger partial charge in [-0.25, -0.2) is 13.0 Å². The Hall–Kier alpha value is -1.72. The first-order chi connectivity index (χ1) is 12.3. The topological polar surface area (TPSA) is 61.1 Å². The minimum absolute atomic E-state index is 0.178. The van der Waals surface area contributed by atoms with Crippen LogP contribution in [0.1, 0.15) is 56.1 Å². The molecular weight excluding hydrogens is 346 g/mol. The number of rotatable bonds is 3. The van der Waals surface area contributed by atoms with Crippen molar-refractivity contribution in [2.45, 2.75) is 56.8 Å². The molecule has 1 aliphatic carbocycles. The Morgan fingerprint density at radius 2 is 1.54 bits per heavy atom. The summed E-state index contributed by atoms with van der Waals surface area (Å²) in [5.74, 6) is 1.66. The third-order valence-corrected chi connectivity index (χ3v) is 6.05. The van der Waals surface area contributed by atoms with Crippen molar-refractivity contribution in [3.8, 4) is 0 Å². The Kier molecular flexibility index (Phi) is 7.35. The number of hydrogen-bond acceptors (Lipinski definition) is 3. The summed E-state index contributed by atoms with van der Waals surface area (Å²) < 4.78 is 33.3. The number of hydrogen-bond donors (Lipinski definition) is 0.